The second kappa shape index (κ2) is 9.67. The Morgan fingerprint density at radius 3 is 2.06 bits per heavy atom. The number of carbonyl (C=O) groups excluding carboxylic acids is 1. The number of anilines is 1. The quantitative estimate of drug-likeness (QED) is 0.545. The number of hydrogen-bond donors (Lipinski definition) is 2. The van der Waals surface area contributed by atoms with Crippen LogP contribution < -0.4 is 10.0 Å². The summed E-state index contributed by atoms with van der Waals surface area (Å²) in [6.07, 6.45) is 0.237. The zero-order valence-corrected chi connectivity index (χ0v) is 20.0. The van der Waals surface area contributed by atoms with Crippen LogP contribution in [0.3, 0.4) is 0 Å². The van der Waals surface area contributed by atoms with E-state index < -0.39 is 22.0 Å². The molecule has 5 nitrogen and oxygen atoms in total. The van der Waals surface area contributed by atoms with Crippen LogP contribution in [-0.2, 0) is 21.2 Å². The summed E-state index contributed by atoms with van der Waals surface area (Å²) in [7, 11) is -3.92. The van der Waals surface area contributed by atoms with Gasteiger partial charge in [-0.25, -0.2) is 8.42 Å². The van der Waals surface area contributed by atoms with E-state index in [2.05, 4.69) is 10.0 Å². The highest BCUT2D eigenvalue weighted by atomic mass is 32.2. The molecule has 2 N–H and O–H groups in total. The molecule has 0 aliphatic heterocycles. The summed E-state index contributed by atoms with van der Waals surface area (Å²) >= 11 is 0. The average molecular weight is 451 g/mol. The molecular formula is C26H30N2O3S. The van der Waals surface area contributed by atoms with E-state index >= 15 is 0 Å². The van der Waals surface area contributed by atoms with Crippen LogP contribution in [-0.4, -0.2) is 20.4 Å². The van der Waals surface area contributed by atoms with Crippen molar-refractivity contribution in [1.82, 2.24) is 4.72 Å². The topological polar surface area (TPSA) is 75.3 Å². The van der Waals surface area contributed by atoms with Crippen molar-refractivity contribution in [2.24, 2.45) is 0 Å². The van der Waals surface area contributed by atoms with Gasteiger partial charge in [0.2, 0.25) is 15.9 Å². The Morgan fingerprint density at radius 2 is 1.44 bits per heavy atom. The van der Waals surface area contributed by atoms with Gasteiger partial charge in [0.25, 0.3) is 0 Å². The molecule has 0 saturated carbocycles. The standard InChI is InChI=1S/C26H30N2O3S/c1-17-11-12-19(3)23(15-17)27-26(29)24(16-22-9-7-6-8-10-22)28-32(30,31)25-20(4)13-18(2)14-21(25)5/h6-15,24,28H,16H2,1-5H3,(H,27,29). The van der Waals surface area contributed by atoms with Gasteiger partial charge in [0.05, 0.1) is 4.90 Å². The number of rotatable bonds is 7. The molecule has 168 valence electrons. The van der Waals surface area contributed by atoms with Crippen molar-refractivity contribution < 1.29 is 13.2 Å². The fourth-order valence-electron chi connectivity index (χ4n) is 3.96. The first kappa shape index (κ1) is 23.7. The molecule has 0 bridgehead atoms. The molecule has 1 unspecified atom stereocenters. The van der Waals surface area contributed by atoms with Gasteiger partial charge >= 0.3 is 0 Å². The second-order valence-corrected chi connectivity index (χ2v) is 10.0. The van der Waals surface area contributed by atoms with Crippen LogP contribution in [0.15, 0.2) is 65.6 Å². The molecule has 6 heteroatoms. The molecule has 0 aliphatic carbocycles. The number of aryl methyl sites for hydroxylation is 5. The van der Waals surface area contributed by atoms with Crippen molar-refractivity contribution in [3.8, 4) is 0 Å². The van der Waals surface area contributed by atoms with Gasteiger partial charge in [0.15, 0.2) is 0 Å². The van der Waals surface area contributed by atoms with E-state index in [4.69, 9.17) is 0 Å². The summed E-state index contributed by atoms with van der Waals surface area (Å²) in [6, 6.07) is 17.9. The number of amides is 1. The summed E-state index contributed by atoms with van der Waals surface area (Å²) in [5.41, 5.74) is 5.77. The Kier molecular flexibility index (Phi) is 7.16. The third kappa shape index (κ3) is 5.64. The average Bonchev–Trinajstić information content (AvgIpc) is 2.69. The minimum absolute atomic E-state index is 0.223. The first-order valence-corrected chi connectivity index (χ1v) is 12.1. The lowest BCUT2D eigenvalue weighted by atomic mass is 10.1. The fraction of sp³-hybridized carbons (Fsp3) is 0.269. The van der Waals surface area contributed by atoms with Crippen LogP contribution in [0.1, 0.15) is 33.4 Å². The number of nitrogens with one attached hydrogen (secondary N) is 2. The van der Waals surface area contributed by atoms with Gasteiger partial charge in [0.1, 0.15) is 6.04 Å². The monoisotopic (exact) mass is 450 g/mol. The lowest BCUT2D eigenvalue weighted by molar-refractivity contribution is -0.117. The smallest absolute Gasteiger partial charge is 0.242 e. The molecule has 1 atom stereocenters. The van der Waals surface area contributed by atoms with Gasteiger partial charge < -0.3 is 5.32 Å². The maximum absolute atomic E-state index is 13.4. The van der Waals surface area contributed by atoms with Gasteiger partial charge in [-0.3, -0.25) is 4.79 Å². The summed E-state index contributed by atoms with van der Waals surface area (Å²) < 4.78 is 29.4. The highest BCUT2D eigenvalue weighted by molar-refractivity contribution is 7.89. The van der Waals surface area contributed by atoms with Gasteiger partial charge in [-0.15, -0.1) is 0 Å². The molecule has 3 aromatic carbocycles. The van der Waals surface area contributed by atoms with E-state index in [0.717, 1.165) is 22.3 Å². The van der Waals surface area contributed by atoms with Crippen molar-refractivity contribution >= 4 is 21.6 Å². The lowest BCUT2D eigenvalue weighted by Gasteiger charge is -2.21. The van der Waals surface area contributed by atoms with E-state index in [-0.39, 0.29) is 11.3 Å². The summed E-state index contributed by atoms with van der Waals surface area (Å²) in [4.78, 5) is 13.5. The highest BCUT2D eigenvalue weighted by Gasteiger charge is 2.28. The predicted octanol–water partition coefficient (Wildman–Crippen LogP) is 4.76. The van der Waals surface area contributed by atoms with Crippen molar-refractivity contribution in [2.75, 3.05) is 5.32 Å². The summed E-state index contributed by atoms with van der Waals surface area (Å²) in [5.74, 6) is -0.395. The first-order chi connectivity index (χ1) is 15.1. The van der Waals surface area contributed by atoms with Crippen molar-refractivity contribution in [3.05, 3.63) is 94.0 Å². The van der Waals surface area contributed by atoms with Gasteiger partial charge in [-0.05, 0) is 74.9 Å². The Hall–Kier alpha value is -2.96. The summed E-state index contributed by atoms with van der Waals surface area (Å²) in [5, 5.41) is 2.92. The Labute approximate surface area is 190 Å². The van der Waals surface area contributed by atoms with Crippen LogP contribution >= 0.6 is 0 Å². The SMILES string of the molecule is Cc1cc(C)c(S(=O)(=O)NC(Cc2ccccc2)C(=O)Nc2cc(C)ccc2C)c(C)c1. The van der Waals surface area contributed by atoms with E-state index in [9.17, 15) is 13.2 Å². The molecule has 0 aromatic heterocycles. The largest absolute Gasteiger partial charge is 0.324 e. The van der Waals surface area contributed by atoms with Crippen LogP contribution in [0.2, 0.25) is 0 Å². The normalized spacial score (nSPS) is 12.4. The van der Waals surface area contributed by atoms with Crippen LogP contribution in [0.25, 0.3) is 0 Å². The van der Waals surface area contributed by atoms with E-state index in [1.807, 2.05) is 81.4 Å². The maximum Gasteiger partial charge on any atom is 0.242 e. The molecule has 1 amide bonds. The maximum atomic E-state index is 13.4. The minimum atomic E-state index is -3.92. The van der Waals surface area contributed by atoms with Crippen molar-refractivity contribution in [2.45, 2.75) is 52.0 Å². The second-order valence-electron chi connectivity index (χ2n) is 8.40. The molecule has 0 radical (unpaired) electrons. The van der Waals surface area contributed by atoms with Gasteiger partial charge in [-0.2, -0.15) is 4.72 Å². The van der Waals surface area contributed by atoms with Crippen LogP contribution in [0, 0.1) is 34.6 Å². The fourth-order valence-corrected chi connectivity index (χ4v) is 5.61. The molecule has 32 heavy (non-hydrogen) atoms. The molecule has 3 aromatic rings. The van der Waals surface area contributed by atoms with E-state index in [1.54, 1.807) is 13.8 Å². The summed E-state index contributed by atoms with van der Waals surface area (Å²) in [6.45, 7) is 9.33. The lowest BCUT2D eigenvalue weighted by Crippen LogP contribution is -2.45. The van der Waals surface area contributed by atoms with Crippen molar-refractivity contribution in [1.29, 1.82) is 0 Å². The number of carbonyl (C=O) groups is 1. The molecule has 0 fully saturated rings. The molecule has 0 spiro atoms. The Bertz CT molecular complexity index is 1210. The van der Waals surface area contributed by atoms with Crippen LogP contribution in [0.4, 0.5) is 5.69 Å². The molecule has 0 heterocycles. The Balaban J connectivity index is 1.96. The zero-order valence-electron chi connectivity index (χ0n) is 19.2. The molecule has 3 rings (SSSR count). The van der Waals surface area contributed by atoms with Gasteiger partial charge in [-0.1, -0.05) is 60.2 Å². The Morgan fingerprint density at radius 1 is 0.812 bits per heavy atom. The third-order valence-corrected chi connectivity index (χ3v) is 7.20. The van der Waals surface area contributed by atoms with Crippen LogP contribution in [0.5, 0.6) is 0 Å². The highest BCUT2D eigenvalue weighted by Crippen LogP contribution is 2.23. The molecule has 0 aliphatic rings. The minimum Gasteiger partial charge on any atom is -0.324 e. The van der Waals surface area contributed by atoms with Crippen molar-refractivity contribution in [3.63, 3.8) is 0 Å². The zero-order chi connectivity index (χ0) is 23.5. The molecule has 0 saturated heterocycles. The third-order valence-electron chi connectivity index (χ3n) is 5.42. The first-order valence-electron chi connectivity index (χ1n) is 10.6. The van der Waals surface area contributed by atoms with E-state index in [1.165, 1.54) is 0 Å². The predicted molar refractivity (Wildman–Crippen MR) is 129 cm³/mol. The molecular weight excluding hydrogens is 420 g/mol. The van der Waals surface area contributed by atoms with E-state index in [0.29, 0.717) is 16.8 Å². The number of hydrogen-bond acceptors (Lipinski definition) is 3. The van der Waals surface area contributed by atoms with Gasteiger partial charge in [0, 0.05) is 5.69 Å². The number of benzene rings is 3. The number of sulfonamides is 1.